The molecule has 0 saturated carbocycles. The van der Waals surface area contributed by atoms with Crippen LogP contribution >= 0.6 is 11.3 Å². The highest BCUT2D eigenvalue weighted by Crippen LogP contribution is 2.33. The van der Waals surface area contributed by atoms with Crippen LogP contribution in [0.3, 0.4) is 0 Å². The van der Waals surface area contributed by atoms with Crippen molar-refractivity contribution >= 4 is 21.5 Å². The van der Waals surface area contributed by atoms with Gasteiger partial charge in [-0.3, -0.25) is 4.18 Å². The third-order valence-electron chi connectivity index (χ3n) is 1.47. The molecule has 0 aromatic carbocycles. The van der Waals surface area contributed by atoms with Crippen molar-refractivity contribution in [3.63, 3.8) is 0 Å². The highest BCUT2D eigenvalue weighted by atomic mass is 32.2. The SMILES string of the molecule is COS(=O)(=O)Cc1scnc1C(F)(F)F. The zero-order valence-corrected chi connectivity index (χ0v) is 9.04. The molecule has 0 aliphatic carbocycles. The molecule has 86 valence electrons. The number of hydrogen-bond donors (Lipinski definition) is 0. The molecule has 1 heterocycles. The predicted molar refractivity (Wildman–Crippen MR) is 46.7 cm³/mol. The molecule has 0 N–H and O–H groups in total. The maximum absolute atomic E-state index is 12.3. The van der Waals surface area contributed by atoms with Crippen molar-refractivity contribution in [3.05, 3.63) is 16.1 Å². The van der Waals surface area contributed by atoms with E-state index in [0.717, 1.165) is 12.6 Å². The van der Waals surface area contributed by atoms with Crippen LogP contribution in [0.2, 0.25) is 0 Å². The third-order valence-corrected chi connectivity index (χ3v) is 3.64. The highest BCUT2D eigenvalue weighted by molar-refractivity contribution is 7.86. The van der Waals surface area contributed by atoms with Gasteiger partial charge in [0.1, 0.15) is 5.75 Å². The zero-order valence-electron chi connectivity index (χ0n) is 7.41. The number of thiazole rings is 1. The Morgan fingerprint density at radius 2 is 2.13 bits per heavy atom. The molecule has 0 aliphatic rings. The average Bonchev–Trinajstić information content (AvgIpc) is 2.50. The van der Waals surface area contributed by atoms with Crippen molar-refractivity contribution < 1.29 is 25.8 Å². The minimum Gasteiger partial charge on any atom is -0.273 e. The second kappa shape index (κ2) is 4.06. The summed E-state index contributed by atoms with van der Waals surface area (Å²) in [7, 11) is -3.06. The Morgan fingerprint density at radius 3 is 2.60 bits per heavy atom. The lowest BCUT2D eigenvalue weighted by atomic mass is 10.4. The van der Waals surface area contributed by atoms with E-state index in [1.165, 1.54) is 0 Å². The lowest BCUT2D eigenvalue weighted by Gasteiger charge is -2.05. The minimum absolute atomic E-state index is 0.371. The van der Waals surface area contributed by atoms with Gasteiger partial charge in [-0.05, 0) is 0 Å². The van der Waals surface area contributed by atoms with Crippen molar-refractivity contribution in [3.8, 4) is 0 Å². The van der Waals surface area contributed by atoms with E-state index in [-0.39, 0.29) is 4.88 Å². The Bertz CT molecular complexity index is 437. The second-order valence-corrected chi connectivity index (χ2v) is 5.17. The van der Waals surface area contributed by atoms with Gasteiger partial charge in [-0.25, -0.2) is 4.98 Å². The minimum atomic E-state index is -4.64. The smallest absolute Gasteiger partial charge is 0.273 e. The molecule has 0 fully saturated rings. The molecule has 4 nitrogen and oxygen atoms in total. The van der Waals surface area contributed by atoms with Crippen molar-refractivity contribution in [1.29, 1.82) is 0 Å². The monoisotopic (exact) mass is 261 g/mol. The number of rotatable bonds is 3. The normalized spacial score (nSPS) is 13.1. The van der Waals surface area contributed by atoms with E-state index in [2.05, 4.69) is 9.17 Å². The Balaban J connectivity index is 3.03. The largest absolute Gasteiger partial charge is 0.434 e. The summed E-state index contributed by atoms with van der Waals surface area (Å²) >= 11 is 0.628. The Labute approximate surface area is 87.8 Å². The molecule has 0 amide bonds. The molecule has 1 aromatic rings. The molecule has 0 spiro atoms. The molecule has 0 aliphatic heterocycles. The molecule has 0 atom stereocenters. The van der Waals surface area contributed by atoms with Crippen molar-refractivity contribution in [2.24, 2.45) is 0 Å². The third kappa shape index (κ3) is 3.14. The summed E-state index contributed by atoms with van der Waals surface area (Å²) in [5, 5.41) is 0. The van der Waals surface area contributed by atoms with Crippen LogP contribution in [0.25, 0.3) is 0 Å². The van der Waals surface area contributed by atoms with Crippen LogP contribution in [-0.2, 0) is 26.2 Å². The van der Waals surface area contributed by atoms with E-state index in [1.54, 1.807) is 0 Å². The second-order valence-electron chi connectivity index (χ2n) is 2.49. The number of aromatic nitrogens is 1. The summed E-state index contributed by atoms with van der Waals surface area (Å²) in [6, 6.07) is 0. The fraction of sp³-hybridized carbons (Fsp3) is 0.500. The first-order chi connectivity index (χ1) is 6.76. The lowest BCUT2D eigenvalue weighted by Crippen LogP contribution is -2.12. The van der Waals surface area contributed by atoms with Gasteiger partial charge in [0, 0.05) is 0 Å². The number of hydrogen-bond acceptors (Lipinski definition) is 5. The number of halogens is 3. The Kier molecular flexibility index (Phi) is 3.36. The predicted octanol–water partition coefficient (Wildman–Crippen LogP) is 1.64. The maximum Gasteiger partial charge on any atom is 0.434 e. The summed E-state index contributed by atoms with van der Waals surface area (Å²) in [4.78, 5) is 2.71. The summed E-state index contributed by atoms with van der Waals surface area (Å²) in [5.74, 6) is -0.816. The van der Waals surface area contributed by atoms with Crippen LogP contribution in [-0.4, -0.2) is 20.5 Å². The van der Waals surface area contributed by atoms with Gasteiger partial charge >= 0.3 is 6.18 Å². The molecule has 15 heavy (non-hydrogen) atoms. The first-order valence-electron chi connectivity index (χ1n) is 3.54. The van der Waals surface area contributed by atoms with Crippen LogP contribution in [0.4, 0.5) is 13.2 Å². The van der Waals surface area contributed by atoms with E-state index in [0.29, 0.717) is 11.3 Å². The van der Waals surface area contributed by atoms with Crippen LogP contribution in [0, 0.1) is 0 Å². The molecule has 1 rings (SSSR count). The van der Waals surface area contributed by atoms with E-state index < -0.39 is 27.7 Å². The van der Waals surface area contributed by atoms with Crippen LogP contribution < -0.4 is 0 Å². The van der Waals surface area contributed by atoms with Crippen molar-refractivity contribution in [1.82, 2.24) is 4.98 Å². The lowest BCUT2D eigenvalue weighted by molar-refractivity contribution is -0.141. The Morgan fingerprint density at radius 1 is 1.53 bits per heavy atom. The highest BCUT2D eigenvalue weighted by Gasteiger charge is 2.37. The molecular formula is C6H6F3NO3S2. The van der Waals surface area contributed by atoms with Crippen molar-refractivity contribution in [2.75, 3.05) is 7.11 Å². The first kappa shape index (κ1) is 12.4. The van der Waals surface area contributed by atoms with E-state index in [9.17, 15) is 21.6 Å². The van der Waals surface area contributed by atoms with Gasteiger partial charge in [-0.15, -0.1) is 11.3 Å². The van der Waals surface area contributed by atoms with Gasteiger partial charge in [0.2, 0.25) is 0 Å². The number of alkyl halides is 3. The molecule has 0 bridgehead atoms. The molecule has 1 aromatic heterocycles. The van der Waals surface area contributed by atoms with Gasteiger partial charge in [0.15, 0.2) is 5.69 Å². The molecule has 9 heteroatoms. The average molecular weight is 261 g/mol. The van der Waals surface area contributed by atoms with Crippen LogP contribution in [0.1, 0.15) is 10.6 Å². The molecule has 0 unspecified atom stereocenters. The quantitative estimate of drug-likeness (QED) is 0.776. The molecule has 0 saturated heterocycles. The number of nitrogens with zero attached hydrogens (tertiary/aromatic N) is 1. The summed E-state index contributed by atoms with van der Waals surface area (Å²) in [6.45, 7) is 0. The van der Waals surface area contributed by atoms with Gasteiger partial charge in [0.25, 0.3) is 10.1 Å². The maximum atomic E-state index is 12.3. The van der Waals surface area contributed by atoms with E-state index in [1.807, 2.05) is 0 Å². The first-order valence-corrected chi connectivity index (χ1v) is 6.00. The molecular weight excluding hydrogens is 255 g/mol. The fourth-order valence-electron chi connectivity index (χ4n) is 0.824. The zero-order chi connectivity index (χ0) is 11.7. The van der Waals surface area contributed by atoms with E-state index >= 15 is 0 Å². The van der Waals surface area contributed by atoms with Crippen LogP contribution in [0.15, 0.2) is 5.51 Å². The fourth-order valence-corrected chi connectivity index (χ4v) is 2.67. The summed E-state index contributed by atoms with van der Waals surface area (Å²) in [6.07, 6.45) is -4.64. The van der Waals surface area contributed by atoms with Crippen molar-refractivity contribution in [2.45, 2.75) is 11.9 Å². The van der Waals surface area contributed by atoms with Gasteiger partial charge in [-0.1, -0.05) is 0 Å². The van der Waals surface area contributed by atoms with E-state index in [4.69, 9.17) is 0 Å². The Hall–Kier alpha value is -0.670. The topological polar surface area (TPSA) is 56.3 Å². The van der Waals surface area contributed by atoms with Gasteiger partial charge in [0.05, 0.1) is 17.5 Å². The summed E-state index contributed by atoms with van der Waals surface area (Å²) in [5.41, 5.74) is -0.225. The van der Waals surface area contributed by atoms with Crippen LogP contribution in [0.5, 0.6) is 0 Å². The summed E-state index contributed by atoms with van der Waals surface area (Å²) < 4.78 is 62.7. The molecule has 0 radical (unpaired) electrons. The standard InChI is InChI=1S/C6H6F3NO3S2/c1-13-15(11,12)2-4-5(6(7,8)9)10-3-14-4/h3H,2H2,1H3. The van der Waals surface area contributed by atoms with Gasteiger partial charge < -0.3 is 0 Å². The van der Waals surface area contributed by atoms with Gasteiger partial charge in [-0.2, -0.15) is 21.6 Å².